The first-order valence-electron chi connectivity index (χ1n) is 8.76. The van der Waals surface area contributed by atoms with Crippen LogP contribution in [0.25, 0.3) is 0 Å². The van der Waals surface area contributed by atoms with Crippen molar-refractivity contribution >= 4 is 17.5 Å². The number of ether oxygens (including phenoxy) is 1. The number of carbonyl (C=O) groups is 1. The van der Waals surface area contributed by atoms with E-state index in [0.717, 1.165) is 12.1 Å². The van der Waals surface area contributed by atoms with Crippen LogP contribution >= 0.6 is 11.6 Å². The maximum absolute atomic E-state index is 12.8. The van der Waals surface area contributed by atoms with Gasteiger partial charge in [0.15, 0.2) is 0 Å². The predicted molar refractivity (Wildman–Crippen MR) is 98.2 cm³/mol. The van der Waals surface area contributed by atoms with E-state index in [9.17, 15) is 23.1 Å². The van der Waals surface area contributed by atoms with Crippen molar-refractivity contribution in [3.63, 3.8) is 0 Å². The normalized spacial score (nSPS) is 20.1. The summed E-state index contributed by atoms with van der Waals surface area (Å²) in [5.41, 5.74) is -0.498. The molecular formula is C20H19ClF3NO3. The number of aliphatic hydroxyl groups is 1. The third-order valence-electron chi connectivity index (χ3n) is 4.58. The van der Waals surface area contributed by atoms with Crippen molar-refractivity contribution in [1.29, 1.82) is 0 Å². The minimum atomic E-state index is -4.45. The Balaban J connectivity index is 1.57. The number of aliphatic hydroxyl groups excluding tert-OH is 1. The molecule has 0 spiro atoms. The zero-order valence-electron chi connectivity index (χ0n) is 14.8. The smallest absolute Gasteiger partial charge is 0.416 e. The number of β-amino-alcohol motifs (C(OH)–C–C–N with tert-alkyl or cyclic N) is 1. The van der Waals surface area contributed by atoms with Crippen molar-refractivity contribution < 1.29 is 27.8 Å². The average Bonchev–Trinajstić information content (AvgIpc) is 2.64. The van der Waals surface area contributed by atoms with Gasteiger partial charge in [0.2, 0.25) is 5.91 Å². The standard InChI is InChI=1S/C20H19ClF3NO3/c21-15-4-6-16(7-5-15)28-18-8-9-25(12-17(18)26)19(27)11-13-2-1-3-14(10-13)20(22,23)24/h1-7,10,17-18,26H,8-9,11-12H2/t17-,18-/m1/s1. The molecule has 4 nitrogen and oxygen atoms in total. The molecular weight excluding hydrogens is 395 g/mol. The number of carbonyl (C=O) groups excluding carboxylic acids is 1. The summed E-state index contributed by atoms with van der Waals surface area (Å²) >= 11 is 5.83. The highest BCUT2D eigenvalue weighted by Gasteiger charge is 2.33. The minimum Gasteiger partial charge on any atom is -0.488 e. The summed E-state index contributed by atoms with van der Waals surface area (Å²) in [6.07, 6.45) is -5.56. The van der Waals surface area contributed by atoms with Crippen LogP contribution in [0, 0.1) is 0 Å². The summed E-state index contributed by atoms with van der Waals surface area (Å²) in [5.74, 6) is 0.237. The topological polar surface area (TPSA) is 49.8 Å². The van der Waals surface area contributed by atoms with Gasteiger partial charge >= 0.3 is 6.18 Å². The molecule has 1 fully saturated rings. The largest absolute Gasteiger partial charge is 0.488 e. The van der Waals surface area contributed by atoms with Crippen molar-refractivity contribution in [2.45, 2.75) is 31.2 Å². The fourth-order valence-corrected chi connectivity index (χ4v) is 3.23. The van der Waals surface area contributed by atoms with Gasteiger partial charge in [-0.1, -0.05) is 29.8 Å². The maximum atomic E-state index is 12.8. The van der Waals surface area contributed by atoms with Crippen LogP contribution in [0.1, 0.15) is 17.5 Å². The van der Waals surface area contributed by atoms with Crippen molar-refractivity contribution in [2.75, 3.05) is 13.1 Å². The lowest BCUT2D eigenvalue weighted by Crippen LogP contribution is -2.51. The van der Waals surface area contributed by atoms with Gasteiger partial charge in [0, 0.05) is 18.0 Å². The zero-order valence-corrected chi connectivity index (χ0v) is 15.6. The molecule has 8 heteroatoms. The molecule has 0 saturated carbocycles. The lowest BCUT2D eigenvalue weighted by molar-refractivity contribution is -0.138. The number of hydrogen-bond donors (Lipinski definition) is 1. The van der Waals surface area contributed by atoms with E-state index < -0.39 is 23.9 Å². The Labute approximate surface area is 165 Å². The molecule has 150 valence electrons. The van der Waals surface area contributed by atoms with Gasteiger partial charge in [0.25, 0.3) is 0 Å². The molecule has 1 heterocycles. The first kappa shape index (κ1) is 20.5. The first-order valence-corrected chi connectivity index (χ1v) is 9.14. The van der Waals surface area contributed by atoms with E-state index in [1.807, 2.05) is 0 Å². The van der Waals surface area contributed by atoms with E-state index in [-0.39, 0.29) is 24.4 Å². The summed E-state index contributed by atoms with van der Waals surface area (Å²) in [5, 5.41) is 10.9. The van der Waals surface area contributed by atoms with Crippen molar-refractivity contribution in [3.05, 3.63) is 64.7 Å². The van der Waals surface area contributed by atoms with E-state index in [1.54, 1.807) is 24.3 Å². The van der Waals surface area contributed by atoms with Crippen LogP contribution in [0.15, 0.2) is 48.5 Å². The second-order valence-corrected chi connectivity index (χ2v) is 7.12. The second-order valence-electron chi connectivity index (χ2n) is 6.68. The number of nitrogens with zero attached hydrogens (tertiary/aromatic N) is 1. The van der Waals surface area contributed by atoms with Crippen molar-refractivity contribution in [2.24, 2.45) is 0 Å². The number of alkyl halides is 3. The van der Waals surface area contributed by atoms with Gasteiger partial charge in [-0.2, -0.15) is 13.2 Å². The Kier molecular flexibility index (Phi) is 6.15. The summed E-state index contributed by atoms with van der Waals surface area (Å²) in [6.45, 7) is 0.420. The fraction of sp³-hybridized carbons (Fsp3) is 0.350. The highest BCUT2D eigenvalue weighted by molar-refractivity contribution is 6.30. The Hall–Kier alpha value is -2.25. The molecule has 1 N–H and O–H groups in total. The molecule has 2 aromatic carbocycles. The molecule has 0 aromatic heterocycles. The Morgan fingerprint density at radius 3 is 2.57 bits per heavy atom. The van der Waals surface area contributed by atoms with E-state index >= 15 is 0 Å². The average molecular weight is 414 g/mol. The lowest BCUT2D eigenvalue weighted by atomic mass is 10.0. The van der Waals surface area contributed by atoms with Gasteiger partial charge in [-0.3, -0.25) is 4.79 Å². The van der Waals surface area contributed by atoms with Crippen LogP contribution in [0.4, 0.5) is 13.2 Å². The summed E-state index contributed by atoms with van der Waals surface area (Å²) in [6, 6.07) is 11.5. The Morgan fingerprint density at radius 1 is 1.21 bits per heavy atom. The third kappa shape index (κ3) is 5.17. The number of likely N-dealkylation sites (tertiary alicyclic amines) is 1. The molecule has 1 amide bonds. The van der Waals surface area contributed by atoms with E-state index in [4.69, 9.17) is 16.3 Å². The van der Waals surface area contributed by atoms with E-state index in [2.05, 4.69) is 0 Å². The molecule has 0 unspecified atom stereocenters. The Morgan fingerprint density at radius 2 is 1.93 bits per heavy atom. The summed E-state index contributed by atoms with van der Waals surface area (Å²) in [7, 11) is 0. The molecule has 1 aliphatic heterocycles. The predicted octanol–water partition coefficient (Wildman–Crippen LogP) is 3.94. The highest BCUT2D eigenvalue weighted by atomic mass is 35.5. The minimum absolute atomic E-state index is 0.0655. The van der Waals surface area contributed by atoms with Gasteiger partial charge in [-0.15, -0.1) is 0 Å². The van der Waals surface area contributed by atoms with Gasteiger partial charge in [-0.25, -0.2) is 0 Å². The van der Waals surface area contributed by atoms with Crippen molar-refractivity contribution in [3.8, 4) is 5.75 Å². The number of rotatable bonds is 4. The van der Waals surface area contributed by atoms with Crippen LogP contribution < -0.4 is 4.74 Å². The quantitative estimate of drug-likeness (QED) is 0.826. The van der Waals surface area contributed by atoms with Crippen LogP contribution in [-0.4, -0.2) is 41.2 Å². The second kappa shape index (κ2) is 8.41. The van der Waals surface area contributed by atoms with Crippen LogP contribution in [0.2, 0.25) is 5.02 Å². The number of benzene rings is 2. The number of hydrogen-bond acceptors (Lipinski definition) is 3. The summed E-state index contributed by atoms with van der Waals surface area (Å²) < 4.78 is 44.2. The SMILES string of the molecule is O=C(Cc1cccc(C(F)(F)F)c1)N1CC[C@@H](Oc2ccc(Cl)cc2)[C@H](O)C1. The molecule has 2 aromatic rings. The van der Waals surface area contributed by atoms with Crippen LogP contribution in [-0.2, 0) is 17.4 Å². The molecule has 28 heavy (non-hydrogen) atoms. The monoisotopic (exact) mass is 413 g/mol. The van der Waals surface area contributed by atoms with Crippen molar-refractivity contribution in [1.82, 2.24) is 4.90 Å². The number of halogens is 4. The van der Waals surface area contributed by atoms with E-state index in [1.165, 1.54) is 17.0 Å². The van der Waals surface area contributed by atoms with Gasteiger partial charge < -0.3 is 14.7 Å². The molecule has 3 rings (SSSR count). The number of piperidine rings is 1. The lowest BCUT2D eigenvalue weighted by Gasteiger charge is -2.36. The number of amides is 1. The first-order chi connectivity index (χ1) is 13.2. The molecule has 2 atom stereocenters. The fourth-order valence-electron chi connectivity index (χ4n) is 3.11. The van der Waals surface area contributed by atoms with Gasteiger partial charge in [0.05, 0.1) is 18.5 Å². The van der Waals surface area contributed by atoms with Crippen LogP contribution in [0.5, 0.6) is 5.75 Å². The molecule has 1 aliphatic rings. The molecule has 0 aliphatic carbocycles. The molecule has 1 saturated heterocycles. The molecule has 0 bridgehead atoms. The zero-order chi connectivity index (χ0) is 20.3. The Bertz CT molecular complexity index is 826. The van der Waals surface area contributed by atoms with Gasteiger partial charge in [-0.05, 0) is 35.9 Å². The third-order valence-corrected chi connectivity index (χ3v) is 4.84. The maximum Gasteiger partial charge on any atom is 0.416 e. The van der Waals surface area contributed by atoms with E-state index in [0.29, 0.717) is 23.7 Å². The summed E-state index contributed by atoms with van der Waals surface area (Å²) in [4.78, 5) is 13.9. The molecule has 0 radical (unpaired) electrons. The van der Waals surface area contributed by atoms with Crippen LogP contribution in [0.3, 0.4) is 0 Å². The highest BCUT2D eigenvalue weighted by Crippen LogP contribution is 2.30. The van der Waals surface area contributed by atoms with Gasteiger partial charge in [0.1, 0.15) is 18.0 Å².